The van der Waals surface area contributed by atoms with Gasteiger partial charge >= 0.3 is 6.18 Å². The Bertz CT molecular complexity index is 605. The highest BCUT2D eigenvalue weighted by atomic mass is 19.4. The molecule has 0 unspecified atom stereocenters. The van der Waals surface area contributed by atoms with E-state index in [0.29, 0.717) is 11.1 Å². The Morgan fingerprint density at radius 2 is 2.05 bits per heavy atom. The van der Waals surface area contributed by atoms with Crippen LogP contribution in [0.5, 0.6) is 0 Å². The third kappa shape index (κ3) is 3.05. The van der Waals surface area contributed by atoms with Gasteiger partial charge in [0.15, 0.2) is 6.61 Å². The lowest BCUT2D eigenvalue weighted by Crippen LogP contribution is -2.29. The van der Waals surface area contributed by atoms with Gasteiger partial charge in [-0.2, -0.15) is 13.2 Å². The third-order valence-corrected chi connectivity index (χ3v) is 2.52. The molecule has 19 heavy (non-hydrogen) atoms. The zero-order valence-corrected chi connectivity index (χ0v) is 9.97. The van der Waals surface area contributed by atoms with Crippen molar-refractivity contribution in [2.75, 3.05) is 6.61 Å². The van der Waals surface area contributed by atoms with Gasteiger partial charge in [0.2, 0.25) is 0 Å². The molecule has 0 saturated carbocycles. The number of nitrogens with one attached hydrogen (secondary N) is 2. The van der Waals surface area contributed by atoms with Gasteiger partial charge in [-0.15, -0.1) is 0 Å². The third-order valence-electron chi connectivity index (χ3n) is 2.52. The molecule has 1 aromatic carbocycles. The van der Waals surface area contributed by atoms with Crippen molar-refractivity contribution < 1.29 is 22.8 Å². The number of halogens is 3. The molecular weight excluding hydrogens is 261 g/mol. The van der Waals surface area contributed by atoms with Crippen molar-refractivity contribution in [1.29, 1.82) is 0 Å². The molecule has 0 spiro atoms. The zero-order chi connectivity index (χ0) is 14.0. The number of aromatic nitrogens is 1. The molecule has 102 valence electrons. The van der Waals surface area contributed by atoms with Crippen molar-refractivity contribution in [3.63, 3.8) is 0 Å². The average Bonchev–Trinajstić information content (AvgIpc) is 2.63. The molecular formula is C12H11F3N2O2. The van der Waals surface area contributed by atoms with Gasteiger partial charge in [0.05, 0.1) is 5.56 Å². The summed E-state index contributed by atoms with van der Waals surface area (Å²) in [6.07, 6.45) is -4.48. The summed E-state index contributed by atoms with van der Waals surface area (Å²) in [6.45, 7) is 0.138. The van der Waals surface area contributed by atoms with Gasteiger partial charge in [0, 0.05) is 16.6 Å². The van der Waals surface area contributed by atoms with Gasteiger partial charge in [0.1, 0.15) is 0 Å². The van der Waals surface area contributed by atoms with E-state index in [1.54, 1.807) is 36.7 Å². The maximum atomic E-state index is 11.9. The van der Waals surface area contributed by atoms with E-state index < -0.39 is 18.7 Å². The number of aromatic amines is 1. The fraction of sp³-hybridized carbons (Fsp3) is 0.250. The largest absolute Gasteiger partial charge is 0.414 e. The van der Waals surface area contributed by atoms with Crippen molar-refractivity contribution in [2.24, 2.45) is 0 Å². The van der Waals surface area contributed by atoms with Crippen LogP contribution in [0.4, 0.5) is 13.2 Å². The topological polar surface area (TPSA) is 54.1 Å². The molecule has 2 N–H and O–H groups in total. The lowest BCUT2D eigenvalue weighted by atomic mass is 10.1. The minimum atomic E-state index is -4.48. The smallest absolute Gasteiger partial charge is 0.358 e. The quantitative estimate of drug-likeness (QED) is 0.844. The van der Waals surface area contributed by atoms with Crippen LogP contribution in [0.15, 0.2) is 24.3 Å². The lowest BCUT2D eigenvalue weighted by molar-refractivity contribution is -0.184. The number of hydrogen-bond acceptors (Lipinski definition) is 2. The molecule has 2 rings (SSSR count). The van der Waals surface area contributed by atoms with Gasteiger partial charge in [-0.05, 0) is 13.0 Å². The van der Waals surface area contributed by atoms with Gasteiger partial charge in [-0.1, -0.05) is 18.2 Å². The van der Waals surface area contributed by atoms with Crippen LogP contribution >= 0.6 is 0 Å². The van der Waals surface area contributed by atoms with Crippen LogP contribution in [0.3, 0.4) is 0 Å². The molecule has 0 bridgehead atoms. The van der Waals surface area contributed by atoms with E-state index in [0.717, 1.165) is 5.52 Å². The Kier molecular flexibility index (Phi) is 3.48. The molecule has 1 amide bonds. The Hall–Kier alpha value is -2.02. The van der Waals surface area contributed by atoms with Crippen LogP contribution in [0, 0.1) is 6.92 Å². The first-order chi connectivity index (χ1) is 8.88. The molecule has 2 aromatic rings. The lowest BCUT2D eigenvalue weighted by Gasteiger charge is -2.08. The number of rotatable bonds is 3. The Morgan fingerprint density at radius 3 is 2.74 bits per heavy atom. The molecule has 0 fully saturated rings. The van der Waals surface area contributed by atoms with Gasteiger partial charge in [-0.3, -0.25) is 9.63 Å². The van der Waals surface area contributed by atoms with Crippen molar-refractivity contribution in [3.8, 4) is 0 Å². The minimum Gasteiger partial charge on any atom is -0.358 e. The van der Waals surface area contributed by atoms with E-state index >= 15 is 0 Å². The highest BCUT2D eigenvalue weighted by molar-refractivity contribution is 6.07. The summed E-state index contributed by atoms with van der Waals surface area (Å²) in [5.41, 5.74) is 3.37. The summed E-state index contributed by atoms with van der Waals surface area (Å²) in [4.78, 5) is 18.9. The molecule has 0 saturated heterocycles. The first kappa shape index (κ1) is 13.4. The fourth-order valence-electron chi connectivity index (χ4n) is 1.80. The van der Waals surface area contributed by atoms with Crippen LogP contribution in [-0.4, -0.2) is 23.7 Å². The number of H-pyrrole nitrogens is 1. The van der Waals surface area contributed by atoms with E-state index in [1.807, 2.05) is 0 Å². The van der Waals surface area contributed by atoms with Gasteiger partial charge in [-0.25, -0.2) is 5.48 Å². The SMILES string of the molecule is Cc1[nH]c2ccccc2c1C(=O)NOCC(F)(F)F. The molecule has 0 atom stereocenters. The second-order valence-corrected chi connectivity index (χ2v) is 4.01. The first-order valence-corrected chi connectivity index (χ1v) is 5.44. The second-order valence-electron chi connectivity index (χ2n) is 4.01. The maximum Gasteiger partial charge on any atom is 0.414 e. The van der Waals surface area contributed by atoms with Crippen LogP contribution in [0.25, 0.3) is 10.9 Å². The first-order valence-electron chi connectivity index (χ1n) is 5.44. The second kappa shape index (κ2) is 4.93. The van der Waals surface area contributed by atoms with Crippen molar-refractivity contribution in [1.82, 2.24) is 10.5 Å². The van der Waals surface area contributed by atoms with Crippen LogP contribution in [0.1, 0.15) is 16.1 Å². The Balaban J connectivity index is 2.15. The van der Waals surface area contributed by atoms with E-state index in [2.05, 4.69) is 9.82 Å². The van der Waals surface area contributed by atoms with Crippen LogP contribution < -0.4 is 5.48 Å². The number of para-hydroxylation sites is 1. The number of alkyl halides is 3. The van der Waals surface area contributed by atoms with Crippen molar-refractivity contribution >= 4 is 16.8 Å². The van der Waals surface area contributed by atoms with Crippen LogP contribution in [0.2, 0.25) is 0 Å². The predicted octanol–water partition coefficient (Wildman–Crippen LogP) is 2.70. The summed E-state index contributed by atoms with van der Waals surface area (Å²) >= 11 is 0. The van der Waals surface area contributed by atoms with E-state index in [9.17, 15) is 18.0 Å². The monoisotopic (exact) mass is 272 g/mol. The predicted molar refractivity (Wildman–Crippen MR) is 62.5 cm³/mol. The zero-order valence-electron chi connectivity index (χ0n) is 9.97. The Labute approximate surface area is 106 Å². The molecule has 4 nitrogen and oxygen atoms in total. The molecule has 0 aliphatic rings. The molecule has 1 heterocycles. The normalized spacial score (nSPS) is 11.8. The summed E-state index contributed by atoms with van der Waals surface area (Å²) < 4.78 is 35.7. The van der Waals surface area contributed by atoms with E-state index in [4.69, 9.17) is 0 Å². The summed E-state index contributed by atoms with van der Waals surface area (Å²) in [5, 5.41) is 0.633. The molecule has 7 heteroatoms. The standard InChI is InChI=1S/C12H11F3N2O2/c1-7-10(8-4-2-3-5-9(8)16-7)11(18)17-19-6-12(13,14)15/h2-5,16H,6H2,1H3,(H,17,18). The van der Waals surface area contributed by atoms with Gasteiger partial charge < -0.3 is 4.98 Å². The molecule has 0 aliphatic heterocycles. The average molecular weight is 272 g/mol. The number of benzene rings is 1. The number of carbonyl (C=O) groups is 1. The number of hydrogen-bond donors (Lipinski definition) is 2. The Morgan fingerprint density at radius 1 is 1.37 bits per heavy atom. The van der Waals surface area contributed by atoms with Crippen LogP contribution in [-0.2, 0) is 4.84 Å². The number of amides is 1. The highest BCUT2D eigenvalue weighted by Gasteiger charge is 2.28. The minimum absolute atomic E-state index is 0.276. The van der Waals surface area contributed by atoms with Crippen molar-refractivity contribution in [2.45, 2.75) is 13.1 Å². The number of fused-ring (bicyclic) bond motifs is 1. The molecule has 1 aromatic heterocycles. The fourth-order valence-corrected chi connectivity index (χ4v) is 1.80. The highest BCUT2D eigenvalue weighted by Crippen LogP contribution is 2.21. The summed E-state index contributed by atoms with van der Waals surface area (Å²) in [5.74, 6) is -0.709. The van der Waals surface area contributed by atoms with Gasteiger partial charge in [0.25, 0.3) is 5.91 Å². The number of aryl methyl sites for hydroxylation is 1. The van der Waals surface area contributed by atoms with E-state index in [1.165, 1.54) is 0 Å². The summed E-state index contributed by atoms with van der Waals surface area (Å²) in [6, 6.07) is 7.01. The summed E-state index contributed by atoms with van der Waals surface area (Å²) in [7, 11) is 0. The molecule has 0 radical (unpaired) electrons. The number of carbonyl (C=O) groups excluding carboxylic acids is 1. The number of hydroxylamine groups is 1. The molecule has 0 aliphatic carbocycles. The van der Waals surface area contributed by atoms with Crippen molar-refractivity contribution in [3.05, 3.63) is 35.5 Å². The van der Waals surface area contributed by atoms with E-state index in [-0.39, 0.29) is 5.56 Å². The maximum absolute atomic E-state index is 11.9.